The molecule has 0 bridgehead atoms. The summed E-state index contributed by atoms with van der Waals surface area (Å²) >= 11 is 0. The number of ether oxygens (including phenoxy) is 5. The molecule has 7 heteroatoms. The number of hydrogen-bond donors (Lipinski definition) is 1. The molecule has 2 aromatic carbocycles. The molecule has 0 aliphatic heterocycles. The van der Waals surface area contributed by atoms with Gasteiger partial charge in [0.1, 0.15) is 11.5 Å². The molecule has 2 aromatic rings. The highest BCUT2D eigenvalue weighted by molar-refractivity contribution is 5.80. The minimum Gasteiger partial charge on any atom is -0.497 e. The minimum absolute atomic E-state index is 0.244. The van der Waals surface area contributed by atoms with Crippen LogP contribution in [0.4, 0.5) is 0 Å². The Morgan fingerprint density at radius 2 is 1.56 bits per heavy atom. The van der Waals surface area contributed by atoms with Crippen LogP contribution in [0.15, 0.2) is 36.4 Å². The Bertz CT molecular complexity index is 752. The van der Waals surface area contributed by atoms with Crippen LogP contribution in [0, 0.1) is 0 Å². The molecule has 0 unspecified atom stereocenters. The average Bonchev–Trinajstić information content (AvgIpc) is 2.70. The summed E-state index contributed by atoms with van der Waals surface area (Å²) in [6.45, 7) is 1.98. The highest BCUT2D eigenvalue weighted by Crippen LogP contribution is 2.38. The third kappa shape index (κ3) is 5.20. The molecule has 0 heterocycles. The first-order valence-corrected chi connectivity index (χ1v) is 8.39. The molecule has 0 aliphatic carbocycles. The van der Waals surface area contributed by atoms with E-state index in [0.29, 0.717) is 35.3 Å². The van der Waals surface area contributed by atoms with Crippen LogP contribution in [0.2, 0.25) is 0 Å². The first kappa shape index (κ1) is 20.2. The number of nitrogens with one attached hydrogen (secondary N) is 1. The molecular weight excluding hydrogens is 350 g/mol. The topological polar surface area (TPSA) is 75.3 Å². The zero-order chi connectivity index (χ0) is 19.8. The van der Waals surface area contributed by atoms with Crippen LogP contribution in [-0.4, -0.2) is 40.5 Å². The molecule has 1 amide bonds. The number of methoxy groups -OCH3 is 4. The van der Waals surface area contributed by atoms with Gasteiger partial charge in [0.2, 0.25) is 5.75 Å². The average molecular weight is 375 g/mol. The molecule has 1 N–H and O–H groups in total. The van der Waals surface area contributed by atoms with E-state index in [0.717, 1.165) is 5.56 Å². The van der Waals surface area contributed by atoms with E-state index >= 15 is 0 Å². The lowest BCUT2D eigenvalue weighted by molar-refractivity contribution is -0.127. The maximum Gasteiger partial charge on any atom is 0.261 e. The van der Waals surface area contributed by atoms with Gasteiger partial charge in [-0.25, -0.2) is 0 Å². The van der Waals surface area contributed by atoms with Crippen LogP contribution in [0.25, 0.3) is 0 Å². The molecule has 0 fully saturated rings. The van der Waals surface area contributed by atoms with Gasteiger partial charge in [0.25, 0.3) is 5.91 Å². The quantitative estimate of drug-likeness (QED) is 0.726. The monoisotopic (exact) mass is 375 g/mol. The zero-order valence-corrected chi connectivity index (χ0v) is 16.2. The SMILES string of the molecule is COc1cccc(O[C@H](C)C(=O)NCc2cc(OC)c(OC)c(OC)c2)c1. The van der Waals surface area contributed by atoms with Gasteiger partial charge in [-0.15, -0.1) is 0 Å². The van der Waals surface area contributed by atoms with Crippen molar-refractivity contribution in [1.29, 1.82) is 0 Å². The summed E-state index contributed by atoms with van der Waals surface area (Å²) in [7, 11) is 6.21. The highest BCUT2D eigenvalue weighted by atomic mass is 16.5. The Morgan fingerprint density at radius 1 is 0.926 bits per heavy atom. The summed E-state index contributed by atoms with van der Waals surface area (Å²) in [4.78, 5) is 12.4. The Morgan fingerprint density at radius 3 is 2.11 bits per heavy atom. The second-order valence-electron chi connectivity index (χ2n) is 5.69. The number of amides is 1. The number of carbonyl (C=O) groups is 1. The van der Waals surface area contributed by atoms with Crippen molar-refractivity contribution in [2.75, 3.05) is 28.4 Å². The summed E-state index contributed by atoms with van der Waals surface area (Å²) < 4.78 is 26.8. The van der Waals surface area contributed by atoms with Crippen LogP contribution in [0.1, 0.15) is 12.5 Å². The zero-order valence-electron chi connectivity index (χ0n) is 16.2. The second kappa shape index (κ2) is 9.56. The van der Waals surface area contributed by atoms with Crippen molar-refractivity contribution in [3.63, 3.8) is 0 Å². The van der Waals surface area contributed by atoms with E-state index in [1.807, 2.05) is 6.07 Å². The number of carbonyl (C=O) groups excluding carboxylic acids is 1. The van der Waals surface area contributed by atoms with Crippen LogP contribution >= 0.6 is 0 Å². The van der Waals surface area contributed by atoms with Crippen LogP contribution in [0.5, 0.6) is 28.7 Å². The molecular formula is C20H25NO6. The van der Waals surface area contributed by atoms with Gasteiger partial charge in [0, 0.05) is 12.6 Å². The van der Waals surface area contributed by atoms with Crippen LogP contribution in [-0.2, 0) is 11.3 Å². The van der Waals surface area contributed by atoms with Gasteiger partial charge in [0.05, 0.1) is 28.4 Å². The predicted octanol–water partition coefficient (Wildman–Crippen LogP) is 2.80. The summed E-state index contributed by atoms with van der Waals surface area (Å²) in [5.74, 6) is 2.54. The van der Waals surface area contributed by atoms with Crippen molar-refractivity contribution in [2.24, 2.45) is 0 Å². The normalized spacial score (nSPS) is 11.3. The van der Waals surface area contributed by atoms with Crippen molar-refractivity contribution in [2.45, 2.75) is 19.6 Å². The Kier molecular flexibility index (Phi) is 7.16. The lowest BCUT2D eigenvalue weighted by Gasteiger charge is -2.17. The standard InChI is InChI=1S/C20H25NO6/c1-13(27-16-8-6-7-15(11-16)23-2)20(22)21-12-14-9-17(24-3)19(26-5)18(10-14)25-4/h6-11,13H,12H2,1-5H3,(H,21,22)/t13-/m1/s1. The van der Waals surface area contributed by atoms with E-state index < -0.39 is 6.10 Å². The molecule has 0 spiro atoms. The van der Waals surface area contributed by atoms with E-state index in [4.69, 9.17) is 23.7 Å². The van der Waals surface area contributed by atoms with E-state index in [1.54, 1.807) is 65.7 Å². The van der Waals surface area contributed by atoms with Crippen molar-refractivity contribution in [1.82, 2.24) is 5.32 Å². The molecule has 2 rings (SSSR count). The van der Waals surface area contributed by atoms with Gasteiger partial charge < -0.3 is 29.0 Å². The molecule has 7 nitrogen and oxygen atoms in total. The Hall–Kier alpha value is -3.09. The van der Waals surface area contributed by atoms with E-state index in [9.17, 15) is 4.79 Å². The molecule has 0 aliphatic rings. The molecule has 146 valence electrons. The van der Waals surface area contributed by atoms with Gasteiger partial charge in [-0.3, -0.25) is 4.79 Å². The molecule has 0 saturated carbocycles. The molecule has 27 heavy (non-hydrogen) atoms. The first-order chi connectivity index (χ1) is 13.0. The highest BCUT2D eigenvalue weighted by Gasteiger charge is 2.17. The van der Waals surface area contributed by atoms with Crippen molar-refractivity contribution in [3.8, 4) is 28.7 Å². The second-order valence-corrected chi connectivity index (χ2v) is 5.69. The molecule has 0 radical (unpaired) electrons. The Labute approximate surface area is 159 Å². The summed E-state index contributed by atoms with van der Waals surface area (Å²) in [6.07, 6.45) is -0.667. The third-order valence-corrected chi connectivity index (χ3v) is 3.91. The van der Waals surface area contributed by atoms with E-state index in [-0.39, 0.29) is 5.91 Å². The fourth-order valence-corrected chi connectivity index (χ4v) is 2.50. The summed E-state index contributed by atoms with van der Waals surface area (Å²) in [5.41, 5.74) is 0.812. The number of hydrogen-bond acceptors (Lipinski definition) is 6. The van der Waals surface area contributed by atoms with Crippen molar-refractivity contribution in [3.05, 3.63) is 42.0 Å². The molecule has 0 saturated heterocycles. The largest absolute Gasteiger partial charge is 0.497 e. The summed E-state index contributed by atoms with van der Waals surface area (Å²) in [6, 6.07) is 10.7. The van der Waals surface area contributed by atoms with Gasteiger partial charge in [0.15, 0.2) is 17.6 Å². The van der Waals surface area contributed by atoms with Crippen molar-refractivity contribution >= 4 is 5.91 Å². The van der Waals surface area contributed by atoms with E-state index in [2.05, 4.69) is 5.32 Å². The lowest BCUT2D eigenvalue weighted by Crippen LogP contribution is -2.35. The fraction of sp³-hybridized carbons (Fsp3) is 0.350. The summed E-state index contributed by atoms with van der Waals surface area (Å²) in [5, 5.41) is 2.84. The fourth-order valence-electron chi connectivity index (χ4n) is 2.50. The van der Waals surface area contributed by atoms with Crippen LogP contribution < -0.4 is 29.0 Å². The maximum atomic E-state index is 12.4. The Balaban J connectivity index is 2.01. The molecule has 1 atom stereocenters. The first-order valence-electron chi connectivity index (χ1n) is 8.39. The number of rotatable bonds is 9. The van der Waals surface area contributed by atoms with Gasteiger partial charge >= 0.3 is 0 Å². The number of benzene rings is 2. The van der Waals surface area contributed by atoms with Crippen molar-refractivity contribution < 1.29 is 28.5 Å². The van der Waals surface area contributed by atoms with E-state index in [1.165, 1.54) is 0 Å². The predicted molar refractivity (Wildman–Crippen MR) is 101 cm³/mol. The van der Waals surface area contributed by atoms with Crippen LogP contribution in [0.3, 0.4) is 0 Å². The van der Waals surface area contributed by atoms with Gasteiger partial charge in [-0.05, 0) is 36.8 Å². The van der Waals surface area contributed by atoms with Gasteiger partial charge in [-0.2, -0.15) is 0 Å². The molecule has 0 aromatic heterocycles. The lowest BCUT2D eigenvalue weighted by atomic mass is 10.1. The smallest absolute Gasteiger partial charge is 0.261 e. The minimum atomic E-state index is -0.667. The van der Waals surface area contributed by atoms with Gasteiger partial charge in [-0.1, -0.05) is 6.07 Å². The maximum absolute atomic E-state index is 12.4. The third-order valence-electron chi connectivity index (χ3n) is 3.91.